The highest BCUT2D eigenvalue weighted by molar-refractivity contribution is 7.90. The molecule has 0 aromatic carbocycles. The smallest absolute Gasteiger partial charge is 0.326 e. The maximum absolute atomic E-state index is 12.6. The molecule has 0 heterocycles. The first-order chi connectivity index (χ1) is 9.70. The minimum atomic E-state index is -4.21. The summed E-state index contributed by atoms with van der Waals surface area (Å²) in [5.41, 5.74) is 5.92. The second-order valence-electron chi connectivity index (χ2n) is 6.23. The summed E-state index contributed by atoms with van der Waals surface area (Å²) < 4.78 is 65.1. The van der Waals surface area contributed by atoms with Crippen LogP contribution in [0.15, 0.2) is 0 Å². The van der Waals surface area contributed by atoms with Gasteiger partial charge in [-0.05, 0) is 38.5 Å². The van der Waals surface area contributed by atoms with Crippen molar-refractivity contribution in [3.05, 3.63) is 0 Å². The molecule has 2 aliphatic rings. The summed E-state index contributed by atoms with van der Waals surface area (Å²) in [6.45, 7) is 0. The van der Waals surface area contributed by atoms with E-state index in [1.807, 2.05) is 0 Å². The number of halogens is 3. The highest BCUT2D eigenvalue weighted by Crippen LogP contribution is 2.39. The van der Waals surface area contributed by atoms with Crippen molar-refractivity contribution in [2.24, 2.45) is 11.7 Å². The average Bonchev–Trinajstić information content (AvgIpc) is 2.40. The lowest BCUT2D eigenvalue weighted by Crippen LogP contribution is -2.52. The van der Waals surface area contributed by atoms with Gasteiger partial charge in [0.1, 0.15) is 0 Å². The Hall–Kier alpha value is -0.340. The average molecular weight is 328 g/mol. The van der Waals surface area contributed by atoms with Crippen molar-refractivity contribution in [1.82, 2.24) is 4.72 Å². The molecule has 8 heteroatoms. The number of hydrogen-bond acceptors (Lipinski definition) is 3. The number of sulfonamides is 1. The van der Waals surface area contributed by atoms with Crippen LogP contribution in [-0.2, 0) is 10.0 Å². The molecule has 0 radical (unpaired) electrons. The molecule has 2 saturated carbocycles. The lowest BCUT2D eigenvalue weighted by atomic mass is 9.88. The highest BCUT2D eigenvalue weighted by atomic mass is 32.2. The van der Waals surface area contributed by atoms with Gasteiger partial charge in [0.2, 0.25) is 10.0 Å². The van der Waals surface area contributed by atoms with Crippen molar-refractivity contribution in [2.75, 3.05) is 0 Å². The Morgan fingerprint density at radius 3 is 2.05 bits per heavy atom. The van der Waals surface area contributed by atoms with E-state index in [9.17, 15) is 21.6 Å². The first kappa shape index (κ1) is 17.0. The van der Waals surface area contributed by atoms with E-state index in [-0.39, 0.29) is 37.8 Å². The fourth-order valence-electron chi connectivity index (χ4n) is 3.31. The van der Waals surface area contributed by atoms with Crippen LogP contribution in [-0.4, -0.2) is 31.9 Å². The van der Waals surface area contributed by atoms with Crippen LogP contribution in [0.5, 0.6) is 0 Å². The van der Waals surface area contributed by atoms with Crippen LogP contribution in [0.2, 0.25) is 0 Å². The Balaban J connectivity index is 1.92. The molecule has 0 unspecified atom stereocenters. The molecule has 0 saturated heterocycles. The van der Waals surface area contributed by atoms with Crippen LogP contribution in [0.3, 0.4) is 0 Å². The van der Waals surface area contributed by atoms with E-state index >= 15 is 0 Å². The summed E-state index contributed by atoms with van der Waals surface area (Å²) in [7, 11) is -3.58. The molecular weight excluding hydrogens is 305 g/mol. The Bertz CT molecular complexity index is 445. The molecule has 0 amide bonds. The van der Waals surface area contributed by atoms with Crippen LogP contribution in [0.4, 0.5) is 13.2 Å². The van der Waals surface area contributed by atoms with Crippen LogP contribution in [0.25, 0.3) is 0 Å². The Labute approximate surface area is 123 Å². The molecule has 0 bridgehead atoms. The van der Waals surface area contributed by atoms with Crippen molar-refractivity contribution in [3.63, 3.8) is 0 Å². The van der Waals surface area contributed by atoms with Crippen LogP contribution in [0, 0.1) is 5.92 Å². The number of nitrogens with two attached hydrogens (primary N) is 1. The number of alkyl halides is 3. The largest absolute Gasteiger partial charge is 0.391 e. The third-order valence-electron chi connectivity index (χ3n) is 4.71. The summed E-state index contributed by atoms with van der Waals surface area (Å²) in [5.74, 6) is -1.36. The predicted octanol–water partition coefficient (Wildman–Crippen LogP) is 2.30. The molecule has 0 spiro atoms. The summed E-state index contributed by atoms with van der Waals surface area (Å²) in [4.78, 5) is 0. The molecule has 2 rings (SSSR count). The first-order valence-electron chi connectivity index (χ1n) is 7.53. The molecule has 0 aromatic rings. The second-order valence-corrected chi connectivity index (χ2v) is 8.23. The minimum absolute atomic E-state index is 0.0709. The summed E-state index contributed by atoms with van der Waals surface area (Å²) >= 11 is 0. The van der Waals surface area contributed by atoms with Gasteiger partial charge < -0.3 is 5.73 Å². The SMILES string of the molecule is N[C@H]1CCCC[C@@H]1NS(=O)(=O)C1CCC(C(F)(F)F)CC1. The van der Waals surface area contributed by atoms with Crippen molar-refractivity contribution >= 4 is 10.0 Å². The zero-order valence-electron chi connectivity index (χ0n) is 11.9. The monoisotopic (exact) mass is 328 g/mol. The normalized spacial score (nSPS) is 35.6. The van der Waals surface area contributed by atoms with Crippen LogP contribution < -0.4 is 10.5 Å². The van der Waals surface area contributed by atoms with Crippen molar-refractivity contribution in [2.45, 2.75) is 74.9 Å². The van der Waals surface area contributed by atoms with Gasteiger partial charge in [-0.15, -0.1) is 0 Å². The lowest BCUT2D eigenvalue weighted by molar-refractivity contribution is -0.181. The van der Waals surface area contributed by atoms with Gasteiger partial charge in [0.05, 0.1) is 11.2 Å². The molecule has 2 fully saturated rings. The summed E-state index contributed by atoms with van der Waals surface area (Å²) in [6, 6.07) is -0.468. The quantitative estimate of drug-likeness (QED) is 0.835. The topological polar surface area (TPSA) is 72.2 Å². The van der Waals surface area contributed by atoms with E-state index in [1.54, 1.807) is 0 Å². The Morgan fingerprint density at radius 2 is 1.52 bits per heavy atom. The fourth-order valence-corrected chi connectivity index (χ4v) is 5.11. The van der Waals surface area contributed by atoms with E-state index < -0.39 is 27.4 Å². The lowest BCUT2D eigenvalue weighted by Gasteiger charge is -2.33. The minimum Gasteiger partial charge on any atom is -0.326 e. The molecule has 21 heavy (non-hydrogen) atoms. The molecule has 0 aromatic heterocycles. The second kappa shape index (κ2) is 6.42. The Kier molecular flexibility index (Phi) is 5.20. The molecule has 3 N–H and O–H groups in total. The van der Waals surface area contributed by atoms with Crippen molar-refractivity contribution < 1.29 is 21.6 Å². The molecule has 2 aliphatic carbocycles. The summed E-state index contributed by atoms with van der Waals surface area (Å²) in [6.07, 6.45) is -0.863. The van der Waals surface area contributed by atoms with E-state index in [4.69, 9.17) is 5.73 Å². The van der Waals surface area contributed by atoms with Crippen LogP contribution >= 0.6 is 0 Å². The molecule has 124 valence electrons. The van der Waals surface area contributed by atoms with Gasteiger partial charge in [-0.1, -0.05) is 12.8 Å². The fraction of sp³-hybridized carbons (Fsp3) is 1.00. The van der Waals surface area contributed by atoms with Gasteiger partial charge in [0.25, 0.3) is 0 Å². The molecule has 0 aliphatic heterocycles. The van der Waals surface area contributed by atoms with E-state index in [1.165, 1.54) is 0 Å². The van der Waals surface area contributed by atoms with Gasteiger partial charge in [0.15, 0.2) is 0 Å². The maximum atomic E-state index is 12.6. The van der Waals surface area contributed by atoms with E-state index in [0.29, 0.717) is 6.42 Å². The zero-order valence-corrected chi connectivity index (χ0v) is 12.7. The molecular formula is C13H23F3N2O2S. The standard InChI is InChI=1S/C13H23F3N2O2S/c14-13(15,16)9-5-7-10(8-6-9)21(19,20)18-12-4-2-1-3-11(12)17/h9-12,18H,1-8,17H2/t9?,10?,11-,12-/m0/s1. The number of rotatable bonds is 3. The third-order valence-corrected chi connectivity index (χ3v) is 6.69. The van der Waals surface area contributed by atoms with Crippen molar-refractivity contribution in [3.8, 4) is 0 Å². The highest BCUT2D eigenvalue weighted by Gasteiger charge is 2.44. The Morgan fingerprint density at radius 1 is 0.952 bits per heavy atom. The maximum Gasteiger partial charge on any atom is 0.391 e. The zero-order chi connectivity index (χ0) is 15.7. The van der Waals surface area contributed by atoms with Crippen molar-refractivity contribution in [1.29, 1.82) is 0 Å². The predicted molar refractivity (Wildman–Crippen MR) is 74.1 cm³/mol. The van der Waals surface area contributed by atoms with Gasteiger partial charge in [-0.25, -0.2) is 13.1 Å². The summed E-state index contributed by atoms with van der Waals surface area (Å²) in [5, 5.41) is -0.717. The number of hydrogen-bond donors (Lipinski definition) is 2. The third kappa shape index (κ3) is 4.32. The van der Waals surface area contributed by atoms with Gasteiger partial charge in [-0.3, -0.25) is 0 Å². The van der Waals surface area contributed by atoms with Crippen LogP contribution in [0.1, 0.15) is 51.4 Å². The van der Waals surface area contributed by atoms with Gasteiger partial charge in [-0.2, -0.15) is 13.2 Å². The molecule has 2 atom stereocenters. The van der Waals surface area contributed by atoms with E-state index in [0.717, 1.165) is 19.3 Å². The van der Waals surface area contributed by atoms with E-state index in [2.05, 4.69) is 4.72 Å². The van der Waals surface area contributed by atoms with Gasteiger partial charge in [0, 0.05) is 12.1 Å². The first-order valence-corrected chi connectivity index (χ1v) is 9.08. The van der Waals surface area contributed by atoms with Gasteiger partial charge >= 0.3 is 6.18 Å². The number of nitrogens with one attached hydrogen (secondary N) is 1. The molecule has 4 nitrogen and oxygen atoms in total.